The van der Waals surface area contributed by atoms with Crippen molar-refractivity contribution in [1.29, 1.82) is 0 Å². The number of benzene rings is 2. The van der Waals surface area contributed by atoms with Crippen molar-refractivity contribution in [3.63, 3.8) is 0 Å². The van der Waals surface area contributed by atoms with Crippen LogP contribution < -0.4 is 30.0 Å². The highest BCUT2D eigenvalue weighted by Gasteiger charge is 2.16. The van der Waals surface area contributed by atoms with Gasteiger partial charge in [0.05, 0.1) is 25.0 Å². The Hall–Kier alpha value is -4.20. The zero-order valence-corrected chi connectivity index (χ0v) is 18.2. The van der Waals surface area contributed by atoms with Crippen LogP contribution in [0.3, 0.4) is 0 Å². The van der Waals surface area contributed by atoms with Gasteiger partial charge in [-0.15, -0.1) is 0 Å². The molecule has 3 heterocycles. The van der Waals surface area contributed by atoms with E-state index in [4.69, 9.17) is 14.2 Å². The Labute approximate surface area is 191 Å². The van der Waals surface area contributed by atoms with Crippen molar-refractivity contribution in [3.8, 4) is 17.2 Å². The highest BCUT2D eigenvalue weighted by atomic mass is 16.6. The number of aromatic nitrogens is 1. The van der Waals surface area contributed by atoms with Crippen molar-refractivity contribution in [2.24, 2.45) is 0 Å². The summed E-state index contributed by atoms with van der Waals surface area (Å²) in [5.74, 6) is 1.95. The Morgan fingerprint density at radius 1 is 1.09 bits per heavy atom. The fourth-order valence-corrected chi connectivity index (χ4v) is 3.77. The Balaban J connectivity index is 1.26. The molecule has 168 valence electrons. The molecule has 33 heavy (non-hydrogen) atoms. The van der Waals surface area contributed by atoms with Crippen LogP contribution in [0.2, 0.25) is 0 Å². The number of pyridine rings is 1. The summed E-state index contributed by atoms with van der Waals surface area (Å²) in [6, 6.07) is 15.1. The van der Waals surface area contributed by atoms with Crippen molar-refractivity contribution in [2.45, 2.75) is 6.54 Å². The Kier molecular flexibility index (Phi) is 5.72. The molecule has 0 aliphatic carbocycles. The van der Waals surface area contributed by atoms with Crippen LogP contribution in [0.25, 0.3) is 6.08 Å². The summed E-state index contributed by atoms with van der Waals surface area (Å²) in [5.41, 5.74) is 7.47. The molecule has 2 aliphatic rings. The second kappa shape index (κ2) is 9.12. The average molecular weight is 444 g/mol. The van der Waals surface area contributed by atoms with Gasteiger partial charge < -0.3 is 19.5 Å². The number of carbonyl (C=O) groups is 1. The first kappa shape index (κ1) is 20.7. The smallest absolute Gasteiger partial charge is 0.270 e. The third kappa shape index (κ3) is 4.55. The highest BCUT2D eigenvalue weighted by molar-refractivity contribution is 5.93. The van der Waals surface area contributed by atoms with Gasteiger partial charge in [-0.05, 0) is 47.5 Å². The minimum atomic E-state index is -0.255. The summed E-state index contributed by atoms with van der Waals surface area (Å²) in [5, 5.41) is 4.92. The predicted molar refractivity (Wildman–Crippen MR) is 126 cm³/mol. The van der Waals surface area contributed by atoms with Gasteiger partial charge in [0.25, 0.3) is 5.91 Å². The number of methoxy groups -OCH3 is 1. The molecule has 0 fully saturated rings. The van der Waals surface area contributed by atoms with Crippen LogP contribution in [0.4, 0.5) is 11.4 Å². The first-order valence-electron chi connectivity index (χ1n) is 10.7. The maximum absolute atomic E-state index is 12.7. The molecule has 1 aromatic heterocycles. The van der Waals surface area contributed by atoms with Crippen molar-refractivity contribution in [2.75, 3.05) is 37.3 Å². The monoisotopic (exact) mass is 444 g/mol. The minimum Gasteiger partial charge on any atom is -0.497 e. The third-order valence-electron chi connectivity index (χ3n) is 5.43. The van der Waals surface area contributed by atoms with E-state index in [0.29, 0.717) is 37.7 Å². The molecule has 8 nitrogen and oxygen atoms in total. The van der Waals surface area contributed by atoms with Gasteiger partial charge in [-0.2, -0.15) is 0 Å². The van der Waals surface area contributed by atoms with E-state index in [1.165, 1.54) is 0 Å². The fraction of sp³-hybridized carbons (Fsp3) is 0.200. The summed E-state index contributed by atoms with van der Waals surface area (Å²) < 4.78 is 16.5. The van der Waals surface area contributed by atoms with Crippen LogP contribution in [-0.2, 0) is 6.54 Å². The molecule has 2 aromatic carbocycles. The summed E-state index contributed by atoms with van der Waals surface area (Å²) in [6.45, 7) is 2.11. The molecule has 0 spiro atoms. The van der Waals surface area contributed by atoms with Crippen LogP contribution in [0.5, 0.6) is 17.2 Å². The summed E-state index contributed by atoms with van der Waals surface area (Å²) >= 11 is 0. The van der Waals surface area contributed by atoms with E-state index < -0.39 is 0 Å². The van der Waals surface area contributed by atoms with E-state index >= 15 is 0 Å². The molecule has 0 radical (unpaired) electrons. The van der Waals surface area contributed by atoms with E-state index in [9.17, 15) is 4.79 Å². The lowest BCUT2D eigenvalue weighted by molar-refractivity contribution is 0.0946. The van der Waals surface area contributed by atoms with Gasteiger partial charge in [-0.1, -0.05) is 18.2 Å². The Morgan fingerprint density at radius 2 is 1.97 bits per heavy atom. The summed E-state index contributed by atoms with van der Waals surface area (Å²) in [6.07, 6.45) is 5.77. The number of hydrogen-bond acceptors (Lipinski definition) is 7. The number of nitrogens with zero attached hydrogens (tertiary/aromatic N) is 2. The molecule has 5 rings (SSSR count). The second-order valence-corrected chi connectivity index (χ2v) is 7.64. The molecular weight excluding hydrogens is 420 g/mol. The number of hydrogen-bond donors (Lipinski definition) is 2. The van der Waals surface area contributed by atoms with E-state index in [1.807, 2.05) is 47.5 Å². The van der Waals surface area contributed by atoms with Crippen molar-refractivity contribution < 1.29 is 19.0 Å². The quantitative estimate of drug-likeness (QED) is 0.600. The SMILES string of the molecule is COc1ccc2c(c1)N(Nc1ccnc(C(=O)NCc3ccc4c(c3)OCCO4)c1)CC=C2. The van der Waals surface area contributed by atoms with E-state index in [2.05, 4.69) is 27.9 Å². The highest BCUT2D eigenvalue weighted by Crippen LogP contribution is 2.31. The first-order valence-corrected chi connectivity index (χ1v) is 10.7. The summed E-state index contributed by atoms with van der Waals surface area (Å²) in [4.78, 5) is 17.0. The van der Waals surface area contributed by atoms with Crippen molar-refractivity contribution >= 4 is 23.4 Å². The fourth-order valence-electron chi connectivity index (χ4n) is 3.77. The molecule has 0 atom stereocenters. The largest absolute Gasteiger partial charge is 0.497 e. The lowest BCUT2D eigenvalue weighted by Crippen LogP contribution is -2.32. The van der Waals surface area contributed by atoms with Crippen LogP contribution in [-0.4, -0.2) is 37.8 Å². The minimum absolute atomic E-state index is 0.255. The molecule has 0 unspecified atom stereocenters. The van der Waals surface area contributed by atoms with Crippen molar-refractivity contribution in [1.82, 2.24) is 10.3 Å². The van der Waals surface area contributed by atoms with Gasteiger partial charge in [-0.25, -0.2) is 0 Å². The zero-order valence-electron chi connectivity index (χ0n) is 18.2. The third-order valence-corrected chi connectivity index (χ3v) is 5.43. The second-order valence-electron chi connectivity index (χ2n) is 7.64. The average Bonchev–Trinajstić information content (AvgIpc) is 2.87. The number of carbonyl (C=O) groups excluding carboxylic acids is 1. The summed E-state index contributed by atoms with van der Waals surface area (Å²) in [7, 11) is 1.65. The van der Waals surface area contributed by atoms with Gasteiger partial charge in [0, 0.05) is 18.8 Å². The van der Waals surface area contributed by atoms with Crippen LogP contribution in [0.1, 0.15) is 21.6 Å². The molecule has 1 amide bonds. The van der Waals surface area contributed by atoms with Gasteiger partial charge in [0.15, 0.2) is 11.5 Å². The molecule has 2 aliphatic heterocycles. The number of nitrogens with one attached hydrogen (secondary N) is 2. The molecular formula is C25H24N4O4. The Morgan fingerprint density at radius 3 is 2.85 bits per heavy atom. The maximum Gasteiger partial charge on any atom is 0.270 e. The molecule has 0 saturated heterocycles. The van der Waals surface area contributed by atoms with E-state index in [0.717, 1.165) is 34.0 Å². The van der Waals surface area contributed by atoms with E-state index in [1.54, 1.807) is 19.4 Å². The molecule has 2 N–H and O–H groups in total. The first-order chi connectivity index (χ1) is 16.2. The molecule has 0 bridgehead atoms. The van der Waals surface area contributed by atoms with Crippen LogP contribution in [0, 0.1) is 0 Å². The maximum atomic E-state index is 12.7. The Bertz CT molecular complexity index is 1210. The number of rotatable bonds is 6. The predicted octanol–water partition coefficient (Wildman–Crippen LogP) is 3.65. The van der Waals surface area contributed by atoms with Gasteiger partial charge in [0.1, 0.15) is 24.7 Å². The van der Waals surface area contributed by atoms with Crippen LogP contribution >= 0.6 is 0 Å². The molecule has 3 aromatic rings. The van der Waals surface area contributed by atoms with Gasteiger partial charge in [-0.3, -0.25) is 20.2 Å². The number of anilines is 2. The van der Waals surface area contributed by atoms with E-state index in [-0.39, 0.29) is 5.91 Å². The number of fused-ring (bicyclic) bond motifs is 2. The zero-order chi connectivity index (χ0) is 22.6. The molecule has 8 heteroatoms. The lowest BCUT2D eigenvalue weighted by Gasteiger charge is -2.29. The van der Waals surface area contributed by atoms with Gasteiger partial charge in [0.2, 0.25) is 0 Å². The number of ether oxygens (including phenoxy) is 3. The lowest BCUT2D eigenvalue weighted by atomic mass is 10.1. The topological polar surface area (TPSA) is 85.0 Å². The standard InChI is InChI=1S/C25H24N4O4/c1-31-20-6-5-18-3-2-10-29(22(18)15-20)28-19-8-9-26-21(14-19)25(30)27-16-17-4-7-23-24(13-17)33-12-11-32-23/h2-9,13-15H,10-12,16H2,1H3,(H,26,28)(H,27,30). The van der Waals surface area contributed by atoms with Crippen molar-refractivity contribution in [3.05, 3.63) is 77.6 Å². The number of amides is 1. The molecule has 0 saturated carbocycles. The number of hydrazine groups is 1. The normalized spacial score (nSPS) is 13.8. The van der Waals surface area contributed by atoms with Gasteiger partial charge >= 0.3 is 0 Å². The van der Waals surface area contributed by atoms with Crippen LogP contribution in [0.15, 0.2) is 60.8 Å².